The number of thiophene rings is 1. The van der Waals surface area contributed by atoms with Crippen molar-refractivity contribution < 1.29 is 4.79 Å². The first kappa shape index (κ1) is 15.6. The number of hydrogen-bond acceptors (Lipinski definition) is 4. The van der Waals surface area contributed by atoms with Gasteiger partial charge in [-0.2, -0.15) is 10.2 Å². The molecule has 0 aliphatic heterocycles. The smallest absolute Gasteiger partial charge is 0.260 e. The van der Waals surface area contributed by atoms with E-state index in [4.69, 9.17) is 11.6 Å². The number of hydrogen-bond donors (Lipinski definition) is 2. The Hall–Kier alpha value is -2.90. The molecule has 3 heterocycles. The van der Waals surface area contributed by atoms with Crippen molar-refractivity contribution in [2.75, 3.05) is 5.32 Å². The Labute approximate surface area is 152 Å². The first-order valence-corrected chi connectivity index (χ1v) is 8.66. The number of benzene rings is 1. The van der Waals surface area contributed by atoms with Gasteiger partial charge >= 0.3 is 0 Å². The van der Waals surface area contributed by atoms with Crippen LogP contribution in [0.25, 0.3) is 16.3 Å². The van der Waals surface area contributed by atoms with Gasteiger partial charge in [0.05, 0.1) is 28.0 Å². The first-order chi connectivity index (χ1) is 12.2. The SMILES string of the molecule is O=C(Nc1cc(-c2cccs2)[nH]n1)c1cnn(-c2ccc(Cl)cc2)c1. The Kier molecular flexibility index (Phi) is 4.09. The molecule has 8 heteroatoms. The zero-order valence-electron chi connectivity index (χ0n) is 12.8. The van der Waals surface area contributed by atoms with Crippen molar-refractivity contribution >= 4 is 34.7 Å². The molecule has 3 aromatic heterocycles. The van der Waals surface area contributed by atoms with E-state index in [0.29, 0.717) is 16.4 Å². The van der Waals surface area contributed by atoms with E-state index in [1.165, 1.54) is 6.20 Å². The Morgan fingerprint density at radius 2 is 2.08 bits per heavy atom. The van der Waals surface area contributed by atoms with E-state index in [1.54, 1.807) is 40.4 Å². The lowest BCUT2D eigenvalue weighted by Crippen LogP contribution is -2.11. The molecule has 0 saturated heterocycles. The van der Waals surface area contributed by atoms with Crippen LogP contribution in [0.4, 0.5) is 5.82 Å². The molecule has 2 N–H and O–H groups in total. The summed E-state index contributed by atoms with van der Waals surface area (Å²) in [5.74, 6) is 0.192. The van der Waals surface area contributed by atoms with Crippen LogP contribution >= 0.6 is 22.9 Å². The van der Waals surface area contributed by atoms with E-state index >= 15 is 0 Å². The van der Waals surface area contributed by atoms with Crippen molar-refractivity contribution in [3.8, 4) is 16.3 Å². The number of anilines is 1. The van der Waals surface area contributed by atoms with E-state index in [9.17, 15) is 4.79 Å². The summed E-state index contributed by atoms with van der Waals surface area (Å²) >= 11 is 7.48. The first-order valence-electron chi connectivity index (χ1n) is 7.40. The number of H-pyrrole nitrogens is 1. The van der Waals surface area contributed by atoms with E-state index in [0.717, 1.165) is 16.3 Å². The summed E-state index contributed by atoms with van der Waals surface area (Å²) in [6.45, 7) is 0. The van der Waals surface area contributed by atoms with Crippen LogP contribution < -0.4 is 5.32 Å². The van der Waals surface area contributed by atoms with E-state index in [2.05, 4.69) is 20.6 Å². The van der Waals surface area contributed by atoms with E-state index in [-0.39, 0.29) is 5.91 Å². The van der Waals surface area contributed by atoms with Crippen LogP contribution in [-0.4, -0.2) is 25.9 Å². The summed E-state index contributed by atoms with van der Waals surface area (Å²) in [7, 11) is 0. The molecule has 0 spiro atoms. The van der Waals surface area contributed by atoms with Gasteiger partial charge in [-0.1, -0.05) is 17.7 Å². The summed E-state index contributed by atoms with van der Waals surface area (Å²) in [5, 5.41) is 16.6. The third-order valence-electron chi connectivity index (χ3n) is 3.54. The number of carbonyl (C=O) groups is 1. The molecule has 0 fully saturated rings. The van der Waals surface area contributed by atoms with Crippen molar-refractivity contribution in [1.82, 2.24) is 20.0 Å². The lowest BCUT2D eigenvalue weighted by Gasteiger charge is -2.00. The van der Waals surface area contributed by atoms with Gasteiger partial charge in [0, 0.05) is 17.3 Å². The average molecular weight is 370 g/mol. The number of amides is 1. The molecule has 4 rings (SSSR count). The van der Waals surface area contributed by atoms with Crippen LogP contribution in [0.5, 0.6) is 0 Å². The van der Waals surface area contributed by atoms with Crippen molar-refractivity contribution in [2.45, 2.75) is 0 Å². The molecule has 0 aliphatic rings. The Morgan fingerprint density at radius 1 is 1.24 bits per heavy atom. The highest BCUT2D eigenvalue weighted by Crippen LogP contribution is 2.24. The topological polar surface area (TPSA) is 75.6 Å². The zero-order chi connectivity index (χ0) is 17.2. The van der Waals surface area contributed by atoms with Gasteiger partial charge in [0.2, 0.25) is 0 Å². The fourth-order valence-corrected chi connectivity index (χ4v) is 3.13. The minimum Gasteiger partial charge on any atom is -0.305 e. The Bertz CT molecular complexity index is 1000. The van der Waals surface area contributed by atoms with Crippen LogP contribution in [0.15, 0.2) is 60.2 Å². The summed E-state index contributed by atoms with van der Waals surface area (Å²) < 4.78 is 1.62. The van der Waals surface area contributed by atoms with Gasteiger partial charge in [0.1, 0.15) is 0 Å². The third kappa shape index (κ3) is 3.33. The fraction of sp³-hybridized carbons (Fsp3) is 0. The molecule has 0 aliphatic carbocycles. The van der Waals surface area contributed by atoms with Crippen LogP contribution in [0.2, 0.25) is 5.02 Å². The van der Waals surface area contributed by atoms with Gasteiger partial charge in [-0.3, -0.25) is 9.89 Å². The molecule has 25 heavy (non-hydrogen) atoms. The zero-order valence-corrected chi connectivity index (χ0v) is 14.4. The van der Waals surface area contributed by atoms with Gasteiger partial charge < -0.3 is 5.32 Å². The predicted octanol–water partition coefficient (Wildman–Crippen LogP) is 4.23. The van der Waals surface area contributed by atoms with Gasteiger partial charge in [-0.05, 0) is 35.7 Å². The molecule has 6 nitrogen and oxygen atoms in total. The molecular formula is C17H12ClN5OS. The lowest BCUT2D eigenvalue weighted by molar-refractivity contribution is 0.102. The van der Waals surface area contributed by atoms with Crippen molar-refractivity contribution in [3.05, 3.63) is 70.8 Å². The number of carbonyl (C=O) groups excluding carboxylic acids is 1. The van der Waals surface area contributed by atoms with Crippen LogP contribution in [-0.2, 0) is 0 Å². The fourth-order valence-electron chi connectivity index (χ4n) is 2.31. The maximum Gasteiger partial charge on any atom is 0.260 e. The molecule has 0 unspecified atom stereocenters. The number of nitrogens with one attached hydrogen (secondary N) is 2. The molecule has 0 bridgehead atoms. The second-order valence-corrected chi connectivity index (χ2v) is 6.63. The molecule has 1 amide bonds. The number of aromatic nitrogens is 4. The van der Waals surface area contributed by atoms with Gasteiger partial charge in [-0.25, -0.2) is 4.68 Å². The number of rotatable bonds is 4. The maximum absolute atomic E-state index is 12.4. The molecule has 0 atom stereocenters. The normalized spacial score (nSPS) is 10.8. The largest absolute Gasteiger partial charge is 0.305 e. The molecule has 1 aromatic carbocycles. The van der Waals surface area contributed by atoms with Crippen molar-refractivity contribution in [2.24, 2.45) is 0 Å². The van der Waals surface area contributed by atoms with Crippen LogP contribution in [0.3, 0.4) is 0 Å². The number of aromatic amines is 1. The highest BCUT2D eigenvalue weighted by molar-refractivity contribution is 7.13. The summed E-state index contributed by atoms with van der Waals surface area (Å²) in [6, 6.07) is 13.0. The maximum atomic E-state index is 12.4. The van der Waals surface area contributed by atoms with Crippen molar-refractivity contribution in [1.29, 1.82) is 0 Å². The van der Waals surface area contributed by atoms with Crippen LogP contribution in [0, 0.1) is 0 Å². The highest BCUT2D eigenvalue weighted by Gasteiger charge is 2.12. The molecule has 4 aromatic rings. The number of halogens is 1. The standard InChI is InChI=1S/C17H12ClN5OS/c18-12-3-5-13(6-4-12)23-10-11(9-19-23)17(24)20-16-8-14(21-22-16)15-2-1-7-25-15/h1-10H,(H2,20,21,22,24). The van der Waals surface area contributed by atoms with Crippen molar-refractivity contribution in [3.63, 3.8) is 0 Å². The average Bonchev–Trinajstić information content (AvgIpc) is 3.36. The lowest BCUT2D eigenvalue weighted by atomic mass is 10.3. The van der Waals surface area contributed by atoms with E-state index in [1.807, 2.05) is 29.6 Å². The quantitative estimate of drug-likeness (QED) is 0.565. The molecule has 0 saturated carbocycles. The predicted molar refractivity (Wildman–Crippen MR) is 98.4 cm³/mol. The van der Waals surface area contributed by atoms with Gasteiger partial charge in [-0.15, -0.1) is 11.3 Å². The summed E-state index contributed by atoms with van der Waals surface area (Å²) in [4.78, 5) is 13.4. The Morgan fingerprint density at radius 3 is 2.84 bits per heavy atom. The minimum absolute atomic E-state index is 0.274. The molecule has 124 valence electrons. The second-order valence-electron chi connectivity index (χ2n) is 5.25. The molecular weight excluding hydrogens is 358 g/mol. The molecule has 0 radical (unpaired) electrons. The second kappa shape index (κ2) is 6.54. The monoisotopic (exact) mass is 369 g/mol. The third-order valence-corrected chi connectivity index (χ3v) is 4.70. The van der Waals surface area contributed by atoms with Gasteiger partial charge in [0.15, 0.2) is 5.82 Å². The van der Waals surface area contributed by atoms with Crippen LogP contribution in [0.1, 0.15) is 10.4 Å². The summed E-state index contributed by atoms with van der Waals surface area (Å²) in [6.07, 6.45) is 3.17. The summed E-state index contributed by atoms with van der Waals surface area (Å²) in [5.41, 5.74) is 2.13. The van der Waals surface area contributed by atoms with Gasteiger partial charge in [0.25, 0.3) is 5.91 Å². The minimum atomic E-state index is -0.274. The highest BCUT2D eigenvalue weighted by atomic mass is 35.5. The van der Waals surface area contributed by atoms with E-state index < -0.39 is 0 Å². The number of nitrogens with zero attached hydrogens (tertiary/aromatic N) is 3. The Balaban J connectivity index is 1.49.